The first kappa shape index (κ1) is 10.9. The van der Waals surface area contributed by atoms with Gasteiger partial charge in [0.15, 0.2) is 11.6 Å². The van der Waals surface area contributed by atoms with Crippen molar-refractivity contribution >= 4 is 11.6 Å². The molecule has 0 aromatic heterocycles. The van der Waals surface area contributed by atoms with Crippen LogP contribution in [0.3, 0.4) is 0 Å². The summed E-state index contributed by atoms with van der Waals surface area (Å²) in [7, 11) is 0. The van der Waals surface area contributed by atoms with Crippen LogP contribution in [0.25, 0.3) is 0 Å². The van der Waals surface area contributed by atoms with Crippen LogP contribution in [0, 0.1) is 17.8 Å². The molecule has 0 amide bonds. The molecule has 2 nitrogen and oxygen atoms in total. The smallest absolute Gasteiger partial charge is 0.197 e. The van der Waals surface area contributed by atoms with Crippen LogP contribution in [-0.4, -0.2) is 11.6 Å². The number of rotatable bonds is 1. The van der Waals surface area contributed by atoms with Gasteiger partial charge in [-0.3, -0.25) is 9.59 Å². The third-order valence-corrected chi connectivity index (χ3v) is 4.62. The van der Waals surface area contributed by atoms with Crippen LogP contribution >= 0.6 is 0 Å². The minimum absolute atomic E-state index is 0.0904. The molecule has 2 bridgehead atoms. The van der Waals surface area contributed by atoms with Crippen molar-refractivity contribution in [3.63, 3.8) is 0 Å². The lowest BCUT2D eigenvalue weighted by molar-refractivity contribution is 0.0987. The molecule has 0 heterocycles. The van der Waals surface area contributed by atoms with Gasteiger partial charge >= 0.3 is 0 Å². The minimum atomic E-state index is -0.0904. The fourth-order valence-corrected chi connectivity index (χ4v) is 3.65. The first-order valence-corrected chi connectivity index (χ1v) is 6.82. The Morgan fingerprint density at radius 3 is 2.16 bits per heavy atom. The van der Waals surface area contributed by atoms with Crippen molar-refractivity contribution < 1.29 is 9.59 Å². The molecule has 0 aliphatic heterocycles. The molecule has 94 valence electrons. The van der Waals surface area contributed by atoms with E-state index in [4.69, 9.17) is 0 Å². The number of carbonyl (C=O) groups is 2. The normalized spacial score (nSPS) is 31.2. The number of ketones is 2. The van der Waals surface area contributed by atoms with Crippen molar-refractivity contribution in [3.05, 3.63) is 59.2 Å². The van der Waals surface area contributed by atoms with Crippen molar-refractivity contribution in [2.45, 2.75) is 12.8 Å². The third kappa shape index (κ3) is 1.49. The second-order valence-corrected chi connectivity index (χ2v) is 5.73. The van der Waals surface area contributed by atoms with Gasteiger partial charge in [0.25, 0.3) is 0 Å². The summed E-state index contributed by atoms with van der Waals surface area (Å²) in [5.74, 6) is 1.37. The van der Waals surface area contributed by atoms with Gasteiger partial charge in [0.05, 0.1) is 5.57 Å². The van der Waals surface area contributed by atoms with E-state index in [0.29, 0.717) is 34.5 Å². The van der Waals surface area contributed by atoms with E-state index in [1.54, 1.807) is 12.1 Å². The van der Waals surface area contributed by atoms with Gasteiger partial charge in [-0.2, -0.15) is 0 Å². The van der Waals surface area contributed by atoms with Gasteiger partial charge in [0.1, 0.15) is 0 Å². The van der Waals surface area contributed by atoms with Crippen molar-refractivity contribution in [2.24, 2.45) is 17.8 Å². The van der Waals surface area contributed by atoms with E-state index in [0.717, 1.165) is 6.42 Å². The largest absolute Gasteiger partial charge is 0.288 e. The van der Waals surface area contributed by atoms with E-state index in [1.807, 2.05) is 18.2 Å². The van der Waals surface area contributed by atoms with Gasteiger partial charge in [-0.15, -0.1) is 0 Å². The SMILES string of the molecule is O=C1C(=C[C@@H]2C[C@H]3C=C[C@H]2C3)C(=O)c2ccccc21. The van der Waals surface area contributed by atoms with Gasteiger partial charge < -0.3 is 0 Å². The van der Waals surface area contributed by atoms with Gasteiger partial charge in [0, 0.05) is 11.1 Å². The molecule has 3 atom stereocenters. The Morgan fingerprint density at radius 1 is 0.947 bits per heavy atom. The summed E-state index contributed by atoms with van der Waals surface area (Å²) < 4.78 is 0. The number of fused-ring (bicyclic) bond motifs is 3. The molecule has 1 fully saturated rings. The lowest BCUT2D eigenvalue weighted by Crippen LogP contribution is -2.09. The van der Waals surface area contributed by atoms with Crippen LogP contribution < -0.4 is 0 Å². The highest BCUT2D eigenvalue weighted by Gasteiger charge is 2.38. The summed E-state index contributed by atoms with van der Waals surface area (Å²) >= 11 is 0. The van der Waals surface area contributed by atoms with Gasteiger partial charge in [-0.1, -0.05) is 42.5 Å². The standard InChI is InChI=1S/C17H14O2/c18-16-13-3-1-2-4-14(13)17(19)15(16)9-12-8-10-5-6-11(12)7-10/h1-6,9-12H,7-8H2/t10-,11-,12-/m0/s1. The monoisotopic (exact) mass is 250 g/mol. The number of Topliss-reactive ketones (excluding diaryl/α,β-unsaturated/α-hetero) is 2. The first-order valence-electron chi connectivity index (χ1n) is 6.82. The Labute approximate surface area is 111 Å². The fourth-order valence-electron chi connectivity index (χ4n) is 3.65. The summed E-state index contributed by atoms with van der Waals surface area (Å²) in [5, 5.41) is 0. The van der Waals surface area contributed by atoms with E-state index < -0.39 is 0 Å². The maximum Gasteiger partial charge on any atom is 0.197 e. The second-order valence-electron chi connectivity index (χ2n) is 5.73. The van der Waals surface area contributed by atoms with Gasteiger partial charge in [-0.05, 0) is 30.6 Å². The van der Waals surface area contributed by atoms with E-state index in [1.165, 1.54) is 6.42 Å². The number of allylic oxidation sites excluding steroid dienone is 4. The molecular formula is C17H14O2. The molecule has 19 heavy (non-hydrogen) atoms. The van der Waals surface area contributed by atoms with Gasteiger partial charge in [-0.25, -0.2) is 0 Å². The Morgan fingerprint density at radius 2 is 1.63 bits per heavy atom. The predicted molar refractivity (Wildman–Crippen MR) is 72.0 cm³/mol. The minimum Gasteiger partial charge on any atom is -0.288 e. The van der Waals surface area contributed by atoms with E-state index >= 15 is 0 Å². The molecule has 3 aliphatic rings. The lowest BCUT2D eigenvalue weighted by Gasteiger charge is -2.13. The zero-order valence-corrected chi connectivity index (χ0v) is 10.5. The molecule has 0 saturated heterocycles. The predicted octanol–water partition coefficient (Wildman–Crippen LogP) is 3.20. The Kier molecular flexibility index (Phi) is 2.16. The maximum atomic E-state index is 12.3. The van der Waals surface area contributed by atoms with Crippen molar-refractivity contribution in [1.82, 2.24) is 0 Å². The zero-order valence-electron chi connectivity index (χ0n) is 10.5. The highest BCUT2D eigenvalue weighted by molar-refractivity contribution is 6.39. The molecule has 0 unspecified atom stereocenters. The van der Waals surface area contributed by atoms with Gasteiger partial charge in [0.2, 0.25) is 0 Å². The summed E-state index contributed by atoms with van der Waals surface area (Å²) in [4.78, 5) is 24.6. The molecule has 0 radical (unpaired) electrons. The average Bonchev–Trinajstić information content (AvgIpc) is 3.10. The highest BCUT2D eigenvalue weighted by Crippen LogP contribution is 2.45. The van der Waals surface area contributed by atoms with Crippen LogP contribution in [0.2, 0.25) is 0 Å². The lowest BCUT2D eigenvalue weighted by atomic mass is 9.90. The molecule has 0 N–H and O–H groups in total. The second kappa shape index (κ2) is 3.77. The van der Waals surface area contributed by atoms with Crippen LogP contribution in [0.15, 0.2) is 48.1 Å². The number of hydrogen-bond acceptors (Lipinski definition) is 2. The molecular weight excluding hydrogens is 236 g/mol. The Bertz CT molecular complexity index is 614. The highest BCUT2D eigenvalue weighted by atomic mass is 16.2. The zero-order chi connectivity index (χ0) is 13.0. The summed E-state index contributed by atoms with van der Waals surface area (Å²) in [6, 6.07) is 7.12. The van der Waals surface area contributed by atoms with Crippen molar-refractivity contribution in [1.29, 1.82) is 0 Å². The van der Waals surface area contributed by atoms with Crippen LogP contribution in [0.5, 0.6) is 0 Å². The number of benzene rings is 1. The number of carbonyl (C=O) groups excluding carboxylic acids is 2. The molecule has 1 aromatic rings. The fraction of sp³-hybridized carbons (Fsp3) is 0.294. The average molecular weight is 250 g/mol. The van der Waals surface area contributed by atoms with Crippen LogP contribution in [-0.2, 0) is 0 Å². The van der Waals surface area contributed by atoms with Crippen molar-refractivity contribution in [3.8, 4) is 0 Å². The van der Waals surface area contributed by atoms with Crippen LogP contribution in [0.1, 0.15) is 33.6 Å². The topological polar surface area (TPSA) is 34.1 Å². The quantitative estimate of drug-likeness (QED) is 0.436. The Hall–Kier alpha value is -1.96. The van der Waals surface area contributed by atoms with E-state index in [9.17, 15) is 9.59 Å². The molecule has 3 aliphatic carbocycles. The maximum absolute atomic E-state index is 12.3. The number of hydrogen-bond donors (Lipinski definition) is 0. The molecule has 2 heteroatoms. The molecule has 1 aromatic carbocycles. The van der Waals surface area contributed by atoms with E-state index in [2.05, 4.69) is 12.2 Å². The molecule has 4 rings (SSSR count). The summed E-state index contributed by atoms with van der Waals surface area (Å²) in [6.45, 7) is 0. The van der Waals surface area contributed by atoms with Crippen LogP contribution in [0.4, 0.5) is 0 Å². The third-order valence-electron chi connectivity index (χ3n) is 4.62. The first-order chi connectivity index (χ1) is 9.24. The Balaban J connectivity index is 1.73. The van der Waals surface area contributed by atoms with Crippen molar-refractivity contribution in [2.75, 3.05) is 0 Å². The molecule has 1 saturated carbocycles. The summed E-state index contributed by atoms with van der Waals surface area (Å²) in [5.41, 5.74) is 1.53. The molecule has 0 spiro atoms. The summed E-state index contributed by atoms with van der Waals surface area (Å²) in [6.07, 6.45) is 8.73. The van der Waals surface area contributed by atoms with E-state index in [-0.39, 0.29) is 11.6 Å².